The highest BCUT2D eigenvalue weighted by atomic mass is 32.2. The molecule has 48 valence electrons. The van der Waals surface area contributed by atoms with E-state index in [2.05, 4.69) is 12.2 Å². The highest BCUT2D eigenvalue weighted by Crippen LogP contribution is 2.00. The number of hydrogen-bond donors (Lipinski definition) is 1. The molecule has 0 aromatic rings. The van der Waals surface area contributed by atoms with Crippen molar-refractivity contribution < 1.29 is 0 Å². The van der Waals surface area contributed by atoms with Gasteiger partial charge in [-0.15, -0.1) is 11.8 Å². The second-order valence-corrected chi connectivity index (χ2v) is 3.45. The standard InChI is InChI=1S/C5H11NS2/c1-3-8-5(7)4-6-2/h6H,3-4H2,1-2H3. The number of rotatable bonds is 3. The molecule has 0 spiro atoms. The second-order valence-electron chi connectivity index (χ2n) is 1.34. The van der Waals surface area contributed by atoms with E-state index < -0.39 is 0 Å². The van der Waals surface area contributed by atoms with E-state index in [4.69, 9.17) is 12.2 Å². The molecule has 3 heteroatoms. The molecule has 0 unspecified atom stereocenters. The minimum atomic E-state index is 0.855. The topological polar surface area (TPSA) is 12.0 Å². The zero-order chi connectivity index (χ0) is 6.41. The first-order chi connectivity index (χ1) is 3.81. The van der Waals surface area contributed by atoms with Gasteiger partial charge in [-0.2, -0.15) is 0 Å². The molecule has 0 rings (SSSR count). The van der Waals surface area contributed by atoms with E-state index >= 15 is 0 Å². The molecule has 0 aromatic carbocycles. The van der Waals surface area contributed by atoms with Crippen LogP contribution < -0.4 is 5.32 Å². The maximum absolute atomic E-state index is 4.95. The molecule has 0 saturated heterocycles. The summed E-state index contributed by atoms with van der Waals surface area (Å²) in [5.41, 5.74) is 0. The minimum Gasteiger partial charge on any atom is -0.314 e. The molecular weight excluding hydrogens is 138 g/mol. The van der Waals surface area contributed by atoms with Crippen molar-refractivity contribution in [3.8, 4) is 0 Å². The van der Waals surface area contributed by atoms with Crippen molar-refractivity contribution in [2.24, 2.45) is 0 Å². The smallest absolute Gasteiger partial charge is 0.0616 e. The summed E-state index contributed by atoms with van der Waals surface area (Å²) in [6.45, 7) is 2.96. The van der Waals surface area contributed by atoms with E-state index in [1.165, 1.54) is 0 Å². The normalized spacial score (nSPS) is 9.25. The molecule has 0 amide bonds. The van der Waals surface area contributed by atoms with E-state index in [9.17, 15) is 0 Å². The first kappa shape index (κ1) is 8.40. The van der Waals surface area contributed by atoms with Gasteiger partial charge in [-0.1, -0.05) is 19.1 Å². The number of thioether (sulfide) groups is 1. The summed E-state index contributed by atoms with van der Waals surface area (Å²) >= 11 is 6.68. The summed E-state index contributed by atoms with van der Waals surface area (Å²) in [6.07, 6.45) is 0. The molecule has 0 aromatic heterocycles. The van der Waals surface area contributed by atoms with Gasteiger partial charge in [-0.25, -0.2) is 0 Å². The summed E-state index contributed by atoms with van der Waals surface area (Å²) in [5, 5.41) is 2.99. The Morgan fingerprint density at radius 1 is 1.75 bits per heavy atom. The summed E-state index contributed by atoms with van der Waals surface area (Å²) in [5.74, 6) is 1.08. The first-order valence-corrected chi connectivity index (χ1v) is 4.00. The zero-order valence-corrected chi connectivity index (χ0v) is 6.86. The largest absolute Gasteiger partial charge is 0.314 e. The van der Waals surface area contributed by atoms with E-state index in [-0.39, 0.29) is 0 Å². The maximum atomic E-state index is 4.95. The Hall–Kier alpha value is 0.400. The average Bonchev–Trinajstić information content (AvgIpc) is 1.68. The molecule has 8 heavy (non-hydrogen) atoms. The average molecular weight is 149 g/mol. The summed E-state index contributed by atoms with van der Waals surface area (Å²) in [6, 6.07) is 0. The van der Waals surface area contributed by atoms with Crippen LogP contribution >= 0.6 is 24.0 Å². The molecule has 1 nitrogen and oxygen atoms in total. The van der Waals surface area contributed by atoms with Gasteiger partial charge in [0, 0.05) is 6.54 Å². The number of nitrogens with one attached hydrogen (secondary N) is 1. The lowest BCUT2D eigenvalue weighted by atomic mass is 10.8. The van der Waals surface area contributed by atoms with Crippen LogP contribution in [0.1, 0.15) is 6.92 Å². The molecular formula is C5H11NS2. The van der Waals surface area contributed by atoms with Gasteiger partial charge in [0.1, 0.15) is 0 Å². The van der Waals surface area contributed by atoms with Crippen molar-refractivity contribution in [1.82, 2.24) is 5.32 Å². The van der Waals surface area contributed by atoms with Crippen molar-refractivity contribution in [2.45, 2.75) is 6.92 Å². The SMILES string of the molecule is CCSC(=S)CNC. The van der Waals surface area contributed by atoms with Gasteiger partial charge in [-0.05, 0) is 12.8 Å². The van der Waals surface area contributed by atoms with Crippen LogP contribution in [-0.2, 0) is 0 Å². The second kappa shape index (κ2) is 5.54. The molecule has 0 bridgehead atoms. The Balaban J connectivity index is 3.06. The van der Waals surface area contributed by atoms with Crippen LogP contribution in [0.25, 0.3) is 0 Å². The Bertz CT molecular complexity index is 64.8. The monoisotopic (exact) mass is 149 g/mol. The molecule has 0 atom stereocenters. The van der Waals surface area contributed by atoms with Crippen molar-refractivity contribution in [3.05, 3.63) is 0 Å². The quantitative estimate of drug-likeness (QED) is 0.607. The van der Waals surface area contributed by atoms with Gasteiger partial charge in [0.25, 0.3) is 0 Å². The molecule has 0 aliphatic heterocycles. The fraction of sp³-hybridized carbons (Fsp3) is 0.800. The highest BCUT2D eigenvalue weighted by molar-refractivity contribution is 8.23. The highest BCUT2D eigenvalue weighted by Gasteiger charge is 1.89. The van der Waals surface area contributed by atoms with Crippen molar-refractivity contribution in [3.63, 3.8) is 0 Å². The maximum Gasteiger partial charge on any atom is 0.0616 e. The Morgan fingerprint density at radius 3 is 2.75 bits per heavy atom. The molecule has 0 aliphatic carbocycles. The van der Waals surface area contributed by atoms with Gasteiger partial charge in [0.15, 0.2) is 0 Å². The number of thiocarbonyl (C=S) groups is 1. The summed E-state index contributed by atoms with van der Waals surface area (Å²) in [7, 11) is 1.91. The zero-order valence-electron chi connectivity index (χ0n) is 5.23. The lowest BCUT2D eigenvalue weighted by Gasteiger charge is -1.96. The van der Waals surface area contributed by atoms with Crippen LogP contribution in [0.4, 0.5) is 0 Å². The van der Waals surface area contributed by atoms with Crippen LogP contribution in [0.15, 0.2) is 0 Å². The first-order valence-electron chi connectivity index (χ1n) is 2.61. The number of hydrogen-bond acceptors (Lipinski definition) is 3. The molecule has 0 fully saturated rings. The van der Waals surface area contributed by atoms with Crippen molar-refractivity contribution in [1.29, 1.82) is 0 Å². The Morgan fingerprint density at radius 2 is 2.38 bits per heavy atom. The van der Waals surface area contributed by atoms with E-state index in [1.54, 1.807) is 11.8 Å². The van der Waals surface area contributed by atoms with E-state index in [0.717, 1.165) is 16.5 Å². The van der Waals surface area contributed by atoms with Crippen molar-refractivity contribution in [2.75, 3.05) is 19.3 Å². The fourth-order valence-electron chi connectivity index (χ4n) is 0.356. The molecule has 1 N–H and O–H groups in total. The minimum absolute atomic E-state index is 0.855. The third-order valence-corrected chi connectivity index (χ3v) is 1.88. The van der Waals surface area contributed by atoms with E-state index in [1.807, 2.05) is 7.05 Å². The van der Waals surface area contributed by atoms with Crippen LogP contribution in [0.5, 0.6) is 0 Å². The Labute approximate surface area is 60.2 Å². The molecule has 0 heterocycles. The third kappa shape index (κ3) is 4.56. The van der Waals surface area contributed by atoms with Crippen LogP contribution in [0.2, 0.25) is 0 Å². The van der Waals surface area contributed by atoms with Gasteiger partial charge < -0.3 is 5.32 Å². The summed E-state index contributed by atoms with van der Waals surface area (Å²) in [4.78, 5) is 0. The predicted octanol–water partition coefficient (Wildman–Crippen LogP) is 1.29. The van der Waals surface area contributed by atoms with E-state index in [0.29, 0.717) is 0 Å². The molecule has 0 radical (unpaired) electrons. The van der Waals surface area contributed by atoms with Crippen molar-refractivity contribution >= 4 is 28.2 Å². The summed E-state index contributed by atoms with van der Waals surface area (Å²) < 4.78 is 1.05. The van der Waals surface area contributed by atoms with Gasteiger partial charge in [0.05, 0.1) is 4.20 Å². The fourth-order valence-corrected chi connectivity index (χ4v) is 1.42. The van der Waals surface area contributed by atoms with Crippen LogP contribution in [-0.4, -0.2) is 23.5 Å². The van der Waals surface area contributed by atoms with Crippen LogP contribution in [0.3, 0.4) is 0 Å². The van der Waals surface area contributed by atoms with Gasteiger partial charge in [0.2, 0.25) is 0 Å². The predicted molar refractivity (Wildman–Crippen MR) is 44.7 cm³/mol. The third-order valence-electron chi connectivity index (χ3n) is 0.626. The molecule has 0 aliphatic rings. The molecule has 0 saturated carbocycles. The van der Waals surface area contributed by atoms with Crippen LogP contribution in [0, 0.1) is 0 Å². The van der Waals surface area contributed by atoms with Gasteiger partial charge >= 0.3 is 0 Å². The van der Waals surface area contributed by atoms with Gasteiger partial charge in [-0.3, -0.25) is 0 Å². The Kier molecular flexibility index (Phi) is 5.81. The lowest BCUT2D eigenvalue weighted by Crippen LogP contribution is -2.13. The lowest BCUT2D eigenvalue weighted by molar-refractivity contribution is 0.961.